The standard InChI is InChI=1S/C13H18N2.ClH/c1-13(2,3)12(14)10-5-4-9-6-7-15-11(9)8-10;/h4-8,12,15H,14H2,1-3H3;1H/t12-;/m0./s1. The van der Waals surface area contributed by atoms with E-state index < -0.39 is 0 Å². The summed E-state index contributed by atoms with van der Waals surface area (Å²) in [5, 5.41) is 1.24. The molecule has 0 aliphatic carbocycles. The number of rotatable bonds is 1. The molecule has 2 rings (SSSR count). The van der Waals surface area contributed by atoms with Crippen molar-refractivity contribution in [2.75, 3.05) is 0 Å². The van der Waals surface area contributed by atoms with Gasteiger partial charge in [-0.05, 0) is 28.5 Å². The lowest BCUT2D eigenvalue weighted by Crippen LogP contribution is -2.26. The topological polar surface area (TPSA) is 41.8 Å². The molecule has 0 unspecified atom stereocenters. The van der Waals surface area contributed by atoms with Crippen LogP contribution in [0.5, 0.6) is 0 Å². The highest BCUT2D eigenvalue weighted by molar-refractivity contribution is 5.85. The first-order valence-corrected chi connectivity index (χ1v) is 5.31. The Kier molecular flexibility index (Phi) is 3.66. The lowest BCUT2D eigenvalue weighted by atomic mass is 9.83. The summed E-state index contributed by atoms with van der Waals surface area (Å²) in [6.07, 6.45) is 1.96. The number of aromatic amines is 1. The van der Waals surface area contributed by atoms with Gasteiger partial charge in [0.05, 0.1) is 0 Å². The first-order chi connectivity index (χ1) is 6.98. The number of benzene rings is 1. The fraction of sp³-hybridized carbons (Fsp3) is 0.385. The third-order valence-corrected chi connectivity index (χ3v) is 2.87. The number of hydrogen-bond donors (Lipinski definition) is 2. The second kappa shape index (κ2) is 4.48. The molecule has 1 heterocycles. The van der Waals surface area contributed by atoms with Crippen molar-refractivity contribution in [3.63, 3.8) is 0 Å². The van der Waals surface area contributed by atoms with Gasteiger partial charge in [0.2, 0.25) is 0 Å². The predicted octanol–water partition coefficient (Wildman–Crippen LogP) is 3.64. The zero-order valence-corrected chi connectivity index (χ0v) is 10.8. The third kappa shape index (κ3) is 2.39. The Labute approximate surface area is 103 Å². The largest absolute Gasteiger partial charge is 0.361 e. The Morgan fingerprint density at radius 1 is 1.19 bits per heavy atom. The molecule has 2 nitrogen and oxygen atoms in total. The van der Waals surface area contributed by atoms with Crippen LogP contribution in [0.4, 0.5) is 0 Å². The number of nitrogens with two attached hydrogens (primary N) is 1. The summed E-state index contributed by atoms with van der Waals surface area (Å²) in [5.74, 6) is 0. The number of halogens is 1. The molecule has 0 radical (unpaired) electrons. The summed E-state index contributed by atoms with van der Waals surface area (Å²) in [7, 11) is 0. The van der Waals surface area contributed by atoms with Gasteiger partial charge in [-0.15, -0.1) is 12.4 Å². The van der Waals surface area contributed by atoms with E-state index >= 15 is 0 Å². The average Bonchev–Trinajstić information content (AvgIpc) is 2.61. The maximum Gasteiger partial charge on any atom is 0.0457 e. The van der Waals surface area contributed by atoms with E-state index in [1.54, 1.807) is 0 Å². The highest BCUT2D eigenvalue weighted by atomic mass is 35.5. The molecule has 3 heteroatoms. The first-order valence-electron chi connectivity index (χ1n) is 5.31. The van der Waals surface area contributed by atoms with E-state index in [4.69, 9.17) is 5.73 Å². The van der Waals surface area contributed by atoms with Crippen molar-refractivity contribution >= 4 is 23.3 Å². The Morgan fingerprint density at radius 2 is 1.88 bits per heavy atom. The van der Waals surface area contributed by atoms with Crippen LogP contribution in [0.15, 0.2) is 30.5 Å². The minimum atomic E-state index is 0. The van der Waals surface area contributed by atoms with Crippen LogP contribution in [-0.4, -0.2) is 4.98 Å². The summed E-state index contributed by atoms with van der Waals surface area (Å²) in [6.45, 7) is 6.49. The molecule has 16 heavy (non-hydrogen) atoms. The molecule has 2 aromatic rings. The minimum Gasteiger partial charge on any atom is -0.361 e. The van der Waals surface area contributed by atoms with Crippen LogP contribution in [0.1, 0.15) is 32.4 Å². The van der Waals surface area contributed by atoms with E-state index in [-0.39, 0.29) is 23.9 Å². The zero-order valence-electron chi connectivity index (χ0n) is 9.95. The minimum absolute atomic E-state index is 0. The molecular weight excluding hydrogens is 220 g/mol. The number of aromatic nitrogens is 1. The molecule has 1 aromatic heterocycles. The second-order valence-corrected chi connectivity index (χ2v) is 5.17. The van der Waals surface area contributed by atoms with Gasteiger partial charge in [0, 0.05) is 17.8 Å². The Morgan fingerprint density at radius 3 is 2.50 bits per heavy atom. The fourth-order valence-electron chi connectivity index (χ4n) is 1.76. The van der Waals surface area contributed by atoms with E-state index in [0.717, 1.165) is 5.52 Å². The van der Waals surface area contributed by atoms with E-state index in [0.29, 0.717) is 0 Å². The van der Waals surface area contributed by atoms with Crippen molar-refractivity contribution in [3.8, 4) is 0 Å². The van der Waals surface area contributed by atoms with Gasteiger partial charge in [-0.2, -0.15) is 0 Å². The summed E-state index contributed by atoms with van der Waals surface area (Å²) < 4.78 is 0. The van der Waals surface area contributed by atoms with Gasteiger partial charge in [0.15, 0.2) is 0 Å². The molecule has 0 saturated heterocycles. The Hall–Kier alpha value is -0.990. The van der Waals surface area contributed by atoms with Gasteiger partial charge in [-0.1, -0.05) is 32.9 Å². The number of hydrogen-bond acceptors (Lipinski definition) is 1. The molecule has 0 spiro atoms. The molecule has 1 aromatic carbocycles. The monoisotopic (exact) mass is 238 g/mol. The highest BCUT2D eigenvalue weighted by Gasteiger charge is 2.22. The number of nitrogens with one attached hydrogen (secondary N) is 1. The van der Waals surface area contributed by atoms with Crippen LogP contribution in [0.2, 0.25) is 0 Å². The maximum absolute atomic E-state index is 6.22. The smallest absolute Gasteiger partial charge is 0.0457 e. The van der Waals surface area contributed by atoms with Crippen LogP contribution in [0.25, 0.3) is 10.9 Å². The van der Waals surface area contributed by atoms with Crippen LogP contribution in [0, 0.1) is 5.41 Å². The van der Waals surface area contributed by atoms with Crippen LogP contribution < -0.4 is 5.73 Å². The summed E-state index contributed by atoms with van der Waals surface area (Å²) in [5.41, 5.74) is 8.67. The number of H-pyrrole nitrogens is 1. The van der Waals surface area contributed by atoms with Crippen molar-refractivity contribution in [3.05, 3.63) is 36.0 Å². The van der Waals surface area contributed by atoms with Gasteiger partial charge < -0.3 is 10.7 Å². The molecule has 0 fully saturated rings. The van der Waals surface area contributed by atoms with Crippen molar-refractivity contribution in [2.45, 2.75) is 26.8 Å². The molecule has 0 saturated carbocycles. The van der Waals surface area contributed by atoms with Crippen LogP contribution in [0.3, 0.4) is 0 Å². The van der Waals surface area contributed by atoms with Gasteiger partial charge in [-0.25, -0.2) is 0 Å². The molecule has 88 valence electrons. The van der Waals surface area contributed by atoms with E-state index in [2.05, 4.69) is 50.0 Å². The van der Waals surface area contributed by atoms with Gasteiger partial charge in [0.1, 0.15) is 0 Å². The normalized spacial score (nSPS) is 13.5. The summed E-state index contributed by atoms with van der Waals surface area (Å²) in [4.78, 5) is 3.21. The number of fused-ring (bicyclic) bond motifs is 1. The molecule has 1 atom stereocenters. The summed E-state index contributed by atoms with van der Waals surface area (Å²) >= 11 is 0. The Bertz CT molecular complexity index is 468. The van der Waals surface area contributed by atoms with Crippen molar-refractivity contribution in [2.24, 2.45) is 11.1 Å². The molecule has 0 aliphatic heterocycles. The van der Waals surface area contributed by atoms with Crippen molar-refractivity contribution in [1.82, 2.24) is 4.98 Å². The van der Waals surface area contributed by atoms with Gasteiger partial charge in [-0.3, -0.25) is 0 Å². The van der Waals surface area contributed by atoms with E-state index in [1.807, 2.05) is 6.20 Å². The average molecular weight is 239 g/mol. The fourth-order valence-corrected chi connectivity index (χ4v) is 1.76. The van der Waals surface area contributed by atoms with E-state index in [1.165, 1.54) is 10.9 Å². The summed E-state index contributed by atoms with van der Waals surface area (Å²) in [6, 6.07) is 8.52. The lowest BCUT2D eigenvalue weighted by Gasteiger charge is -2.27. The lowest BCUT2D eigenvalue weighted by molar-refractivity contribution is 0.327. The Balaban J connectivity index is 0.00000128. The first kappa shape index (κ1) is 13.1. The molecule has 3 N–H and O–H groups in total. The predicted molar refractivity (Wildman–Crippen MR) is 71.9 cm³/mol. The SMILES string of the molecule is CC(C)(C)[C@@H](N)c1ccc2cc[nH]c2c1.Cl. The van der Waals surface area contributed by atoms with Crippen LogP contribution >= 0.6 is 12.4 Å². The van der Waals surface area contributed by atoms with Crippen molar-refractivity contribution in [1.29, 1.82) is 0 Å². The zero-order chi connectivity index (χ0) is 11.1. The second-order valence-electron chi connectivity index (χ2n) is 5.17. The van der Waals surface area contributed by atoms with Crippen molar-refractivity contribution < 1.29 is 0 Å². The molecule has 0 amide bonds. The van der Waals surface area contributed by atoms with Gasteiger partial charge in [0.25, 0.3) is 0 Å². The van der Waals surface area contributed by atoms with Gasteiger partial charge >= 0.3 is 0 Å². The quantitative estimate of drug-likeness (QED) is 0.783. The molecule has 0 bridgehead atoms. The van der Waals surface area contributed by atoms with Crippen LogP contribution in [-0.2, 0) is 0 Å². The maximum atomic E-state index is 6.22. The molecular formula is C13H19ClN2. The highest BCUT2D eigenvalue weighted by Crippen LogP contribution is 2.31. The molecule has 0 aliphatic rings. The van der Waals surface area contributed by atoms with E-state index in [9.17, 15) is 0 Å². The third-order valence-electron chi connectivity index (χ3n) is 2.87.